The molecule has 0 aliphatic heterocycles. The van der Waals surface area contributed by atoms with Crippen LogP contribution < -0.4 is 14.3 Å². The number of benzene rings is 2. The molecule has 0 saturated carbocycles. The summed E-state index contributed by atoms with van der Waals surface area (Å²) in [5, 5.41) is 16.6. The van der Waals surface area contributed by atoms with Crippen LogP contribution in [0.15, 0.2) is 54.8 Å². The molecule has 0 radical (unpaired) electrons. The summed E-state index contributed by atoms with van der Waals surface area (Å²) in [4.78, 5) is 5.46. The van der Waals surface area contributed by atoms with Gasteiger partial charge < -0.3 is 14.6 Å². The van der Waals surface area contributed by atoms with Gasteiger partial charge in [-0.3, -0.25) is 4.99 Å². The first-order chi connectivity index (χ1) is 14.3. The predicted octanol–water partition coefficient (Wildman–Crippen LogP) is 5.66. The molecule has 0 atom stereocenters. The number of aromatic hydroxyl groups is 1. The average molecular weight is 555 g/mol. The van der Waals surface area contributed by atoms with Crippen molar-refractivity contribution in [1.82, 2.24) is 4.68 Å². The Balaban J connectivity index is 2.18. The number of hydrogen-bond donors (Lipinski definition) is 1. The zero-order valence-corrected chi connectivity index (χ0v) is 20.9. The van der Waals surface area contributed by atoms with E-state index in [1.807, 2.05) is 37.4 Å². The SMILES string of the molecule is COc1ccc(OC)c(-c2csc(=NC(C)C)n2N=Cc2cc(Br)c(O)c(Br)c2)c1. The van der Waals surface area contributed by atoms with Crippen molar-refractivity contribution in [3.05, 3.63) is 55.0 Å². The van der Waals surface area contributed by atoms with Crippen LogP contribution in [0.5, 0.6) is 17.2 Å². The fraction of sp³-hybridized carbons (Fsp3) is 0.238. The van der Waals surface area contributed by atoms with Gasteiger partial charge in [-0.2, -0.15) is 5.10 Å². The van der Waals surface area contributed by atoms with Crippen molar-refractivity contribution in [2.45, 2.75) is 19.9 Å². The van der Waals surface area contributed by atoms with Gasteiger partial charge in [-0.1, -0.05) is 0 Å². The molecule has 2 aromatic carbocycles. The highest BCUT2D eigenvalue weighted by atomic mass is 79.9. The van der Waals surface area contributed by atoms with E-state index in [1.54, 1.807) is 37.2 Å². The van der Waals surface area contributed by atoms with Crippen LogP contribution in [0.2, 0.25) is 0 Å². The molecule has 1 aromatic heterocycles. The van der Waals surface area contributed by atoms with Gasteiger partial charge in [0, 0.05) is 17.0 Å². The lowest BCUT2D eigenvalue weighted by molar-refractivity contribution is 0.404. The van der Waals surface area contributed by atoms with Gasteiger partial charge in [0.2, 0.25) is 4.80 Å². The van der Waals surface area contributed by atoms with Crippen molar-refractivity contribution < 1.29 is 14.6 Å². The molecule has 3 rings (SSSR count). The quantitative estimate of drug-likeness (QED) is 0.400. The maximum absolute atomic E-state index is 9.94. The van der Waals surface area contributed by atoms with E-state index in [4.69, 9.17) is 19.6 Å². The molecule has 0 spiro atoms. The normalized spacial score (nSPS) is 12.2. The number of phenolic OH excluding ortho intramolecular Hbond substituents is 1. The molecule has 0 bridgehead atoms. The molecule has 30 heavy (non-hydrogen) atoms. The van der Waals surface area contributed by atoms with Gasteiger partial charge in [0.1, 0.15) is 17.2 Å². The smallest absolute Gasteiger partial charge is 0.206 e. The molecule has 0 unspecified atom stereocenters. The lowest BCUT2D eigenvalue weighted by Crippen LogP contribution is -2.14. The summed E-state index contributed by atoms with van der Waals surface area (Å²) in [5.74, 6) is 1.58. The molecule has 3 aromatic rings. The molecule has 0 saturated heterocycles. The second kappa shape index (κ2) is 9.80. The number of hydrogen-bond acceptors (Lipinski definition) is 6. The molecule has 0 fully saturated rings. The molecule has 0 amide bonds. The summed E-state index contributed by atoms with van der Waals surface area (Å²) in [6.07, 6.45) is 1.72. The monoisotopic (exact) mass is 553 g/mol. The highest BCUT2D eigenvalue weighted by molar-refractivity contribution is 9.11. The van der Waals surface area contributed by atoms with Gasteiger partial charge in [0.15, 0.2) is 0 Å². The minimum absolute atomic E-state index is 0.113. The zero-order chi connectivity index (χ0) is 21.8. The Hall–Kier alpha value is -2.10. The van der Waals surface area contributed by atoms with E-state index in [1.165, 1.54) is 11.3 Å². The van der Waals surface area contributed by atoms with Crippen LogP contribution >= 0.6 is 43.2 Å². The topological polar surface area (TPSA) is 68.3 Å². The Labute approximate surface area is 195 Å². The number of aromatic nitrogens is 1. The van der Waals surface area contributed by atoms with E-state index >= 15 is 0 Å². The maximum Gasteiger partial charge on any atom is 0.206 e. The molecule has 158 valence electrons. The number of phenols is 1. The summed E-state index contributed by atoms with van der Waals surface area (Å²) in [6.45, 7) is 4.04. The summed E-state index contributed by atoms with van der Waals surface area (Å²) in [6, 6.07) is 9.34. The van der Waals surface area contributed by atoms with Crippen LogP contribution in [0.4, 0.5) is 0 Å². The molecule has 6 nitrogen and oxygen atoms in total. The Bertz CT molecular complexity index is 1130. The second-order valence-corrected chi connectivity index (χ2v) is 9.13. The van der Waals surface area contributed by atoms with Gasteiger partial charge >= 0.3 is 0 Å². The van der Waals surface area contributed by atoms with Crippen molar-refractivity contribution in [2.24, 2.45) is 10.1 Å². The summed E-state index contributed by atoms with van der Waals surface area (Å²) in [5.41, 5.74) is 2.50. The fourth-order valence-corrected chi connectivity index (χ4v) is 4.89. The van der Waals surface area contributed by atoms with Crippen molar-refractivity contribution in [3.63, 3.8) is 0 Å². The highest BCUT2D eigenvalue weighted by Gasteiger charge is 2.14. The number of halogens is 2. The zero-order valence-electron chi connectivity index (χ0n) is 16.9. The molecule has 1 heterocycles. The Kier molecular flexibility index (Phi) is 7.38. The van der Waals surface area contributed by atoms with Gasteiger partial charge in [-0.15, -0.1) is 11.3 Å². The maximum atomic E-state index is 9.94. The van der Waals surface area contributed by atoms with E-state index < -0.39 is 0 Å². The van der Waals surface area contributed by atoms with Crippen molar-refractivity contribution in [1.29, 1.82) is 0 Å². The standard InChI is InChI=1S/C21H21Br2N3O3S/c1-12(2)25-21-26(24-10-13-7-16(22)20(27)17(23)8-13)18(11-30-21)15-9-14(28-3)5-6-19(15)29-4/h5-12,27H,1-4H3. The van der Waals surface area contributed by atoms with Gasteiger partial charge in [-0.05, 0) is 81.6 Å². The largest absolute Gasteiger partial charge is 0.506 e. The average Bonchev–Trinajstić information content (AvgIpc) is 3.11. The van der Waals surface area contributed by atoms with Gasteiger partial charge in [0.05, 0.1) is 35.1 Å². The summed E-state index contributed by atoms with van der Waals surface area (Å²) >= 11 is 8.21. The molecule has 0 aliphatic rings. The van der Waals surface area contributed by atoms with Crippen LogP contribution in [-0.4, -0.2) is 36.3 Å². The minimum atomic E-state index is 0.113. The third kappa shape index (κ3) is 4.96. The summed E-state index contributed by atoms with van der Waals surface area (Å²) in [7, 11) is 3.27. The van der Waals surface area contributed by atoms with Crippen LogP contribution in [0, 0.1) is 0 Å². The Morgan fingerprint density at radius 1 is 1.10 bits per heavy atom. The minimum Gasteiger partial charge on any atom is -0.506 e. The molecule has 1 N–H and O–H groups in total. The van der Waals surface area contributed by atoms with E-state index in [2.05, 4.69) is 31.9 Å². The Morgan fingerprint density at radius 3 is 2.40 bits per heavy atom. The van der Waals surface area contributed by atoms with Crippen LogP contribution in [0.25, 0.3) is 11.3 Å². The van der Waals surface area contributed by atoms with E-state index in [-0.39, 0.29) is 11.8 Å². The lowest BCUT2D eigenvalue weighted by Gasteiger charge is -2.11. The number of rotatable bonds is 6. The second-order valence-electron chi connectivity index (χ2n) is 6.58. The first-order valence-electron chi connectivity index (χ1n) is 9.03. The van der Waals surface area contributed by atoms with Crippen LogP contribution in [0.1, 0.15) is 19.4 Å². The number of methoxy groups -OCH3 is 2. The molecule has 0 aliphatic carbocycles. The number of ether oxygens (including phenoxy) is 2. The number of thiazole rings is 1. The highest BCUT2D eigenvalue weighted by Crippen LogP contribution is 2.34. The molecular weight excluding hydrogens is 534 g/mol. The van der Waals surface area contributed by atoms with Crippen LogP contribution in [-0.2, 0) is 0 Å². The first kappa shape index (κ1) is 22.6. The molecular formula is C21H21Br2N3O3S. The number of nitrogens with zero attached hydrogens (tertiary/aromatic N) is 3. The third-order valence-electron chi connectivity index (χ3n) is 4.10. The fourth-order valence-electron chi connectivity index (χ4n) is 2.70. The predicted molar refractivity (Wildman–Crippen MR) is 128 cm³/mol. The van der Waals surface area contributed by atoms with Crippen molar-refractivity contribution >= 4 is 49.4 Å². The molecule has 9 heteroatoms. The van der Waals surface area contributed by atoms with E-state index in [9.17, 15) is 5.11 Å². The van der Waals surface area contributed by atoms with Crippen LogP contribution in [0.3, 0.4) is 0 Å². The Morgan fingerprint density at radius 2 is 1.80 bits per heavy atom. The van der Waals surface area contributed by atoms with Gasteiger partial charge in [-0.25, -0.2) is 4.68 Å². The lowest BCUT2D eigenvalue weighted by atomic mass is 10.1. The first-order valence-corrected chi connectivity index (χ1v) is 11.5. The summed E-state index contributed by atoms with van der Waals surface area (Å²) < 4.78 is 13.9. The van der Waals surface area contributed by atoms with E-state index in [0.29, 0.717) is 14.7 Å². The van der Waals surface area contributed by atoms with E-state index in [0.717, 1.165) is 27.4 Å². The third-order valence-corrected chi connectivity index (χ3v) is 6.14. The van der Waals surface area contributed by atoms with Crippen molar-refractivity contribution in [3.8, 4) is 28.5 Å². The van der Waals surface area contributed by atoms with Gasteiger partial charge in [0.25, 0.3) is 0 Å². The van der Waals surface area contributed by atoms with Crippen molar-refractivity contribution in [2.75, 3.05) is 14.2 Å².